The molecule has 0 amide bonds. The first-order valence-electron chi connectivity index (χ1n) is 23.6. The summed E-state index contributed by atoms with van der Waals surface area (Å²) in [6.07, 6.45) is 21.9. The van der Waals surface area contributed by atoms with Crippen molar-refractivity contribution in [3.05, 3.63) is 86.3 Å². The number of thiophene rings is 1. The highest BCUT2D eigenvalue weighted by molar-refractivity contribution is 8.15. The van der Waals surface area contributed by atoms with E-state index in [1.54, 1.807) is 35.2 Å². The van der Waals surface area contributed by atoms with E-state index >= 15 is 8.78 Å². The van der Waals surface area contributed by atoms with Crippen molar-refractivity contribution >= 4 is 62.4 Å². The van der Waals surface area contributed by atoms with Crippen molar-refractivity contribution < 1.29 is 8.78 Å². The minimum absolute atomic E-state index is 0.0998. The molecule has 60 heavy (non-hydrogen) atoms. The number of unbranched alkanes of at least 4 members (excludes halogenated alkanes) is 3. The van der Waals surface area contributed by atoms with Gasteiger partial charge in [-0.1, -0.05) is 144 Å². The lowest BCUT2D eigenvalue weighted by atomic mass is 9.92. The molecule has 2 aliphatic heterocycles. The highest BCUT2D eigenvalue weighted by Crippen LogP contribution is 2.52. The van der Waals surface area contributed by atoms with E-state index in [0.29, 0.717) is 29.7 Å². The third-order valence-electron chi connectivity index (χ3n) is 12.0. The average Bonchev–Trinajstić information content (AvgIpc) is 3.97. The molecule has 2 nitrogen and oxygen atoms in total. The smallest absolute Gasteiger partial charge is 0.132 e. The molecule has 0 saturated carbocycles. The molecule has 0 fully saturated rings. The van der Waals surface area contributed by atoms with Gasteiger partial charge in [0.2, 0.25) is 0 Å². The van der Waals surface area contributed by atoms with Crippen LogP contribution in [0.4, 0.5) is 8.78 Å². The van der Waals surface area contributed by atoms with Crippen LogP contribution in [-0.2, 0) is 6.42 Å². The van der Waals surface area contributed by atoms with E-state index in [0.717, 1.165) is 96.5 Å². The van der Waals surface area contributed by atoms with Gasteiger partial charge in [0.15, 0.2) is 0 Å². The van der Waals surface area contributed by atoms with Gasteiger partial charge in [-0.05, 0) is 93.9 Å². The number of nitrogens with zero attached hydrogens (tertiary/aromatic N) is 2. The number of aliphatic imine (C=N–C) groups is 2. The van der Waals surface area contributed by atoms with Gasteiger partial charge in [0.1, 0.15) is 21.7 Å². The number of thioether (sulfide) groups is 3. The molecule has 4 rings (SSSR count). The van der Waals surface area contributed by atoms with Crippen LogP contribution in [0.15, 0.2) is 80.0 Å². The maximum absolute atomic E-state index is 16.0. The Morgan fingerprint density at radius 1 is 0.700 bits per heavy atom. The van der Waals surface area contributed by atoms with Crippen LogP contribution < -0.4 is 0 Å². The predicted molar refractivity (Wildman–Crippen MR) is 271 cm³/mol. The fraction of sp³-hybridized carbons (Fsp3) is 0.615. The lowest BCUT2D eigenvalue weighted by Crippen LogP contribution is -2.16. The largest absolute Gasteiger partial charge is 0.239 e. The number of halogens is 2. The molecule has 1 aromatic heterocycles. The maximum Gasteiger partial charge on any atom is 0.132 e. The van der Waals surface area contributed by atoms with Crippen molar-refractivity contribution in [2.45, 2.75) is 177 Å². The molecule has 3 heterocycles. The van der Waals surface area contributed by atoms with Gasteiger partial charge in [0, 0.05) is 38.0 Å². The van der Waals surface area contributed by atoms with Gasteiger partial charge in [0.25, 0.3) is 0 Å². The standard InChI is InChI=1S/C52H76F2N2S4/c1-11-19-24-36(16-6)27-28-39-29-30-40(41(53)33-39)42-31-32-43(59-42)48-46-47(51(55-48)58-35-38(18-8)26-21-13-3)49(56-50(46)57-34-37(17-7)25-20-12-2)44(22-14-4)60-52(9,10)45(54)23-15-5/h22-23,29-33,36-38H,11-21,24-28,34-35H2,1-10H3/b44-22-,45-23+. The molecule has 3 unspecified atom stereocenters. The Kier molecular flexibility index (Phi) is 22.0. The number of aryl methyl sites for hydroxylation is 1. The number of fused-ring (bicyclic) bond motifs is 1. The van der Waals surface area contributed by atoms with E-state index in [2.05, 4.69) is 72.7 Å². The van der Waals surface area contributed by atoms with Crippen LogP contribution in [0.2, 0.25) is 0 Å². The molecule has 2 aromatic rings. The molecular weight excluding hydrogens is 819 g/mol. The zero-order valence-corrected chi connectivity index (χ0v) is 42.1. The van der Waals surface area contributed by atoms with Crippen molar-refractivity contribution in [1.82, 2.24) is 0 Å². The average molecular weight is 895 g/mol. The van der Waals surface area contributed by atoms with Crippen molar-refractivity contribution in [3.8, 4) is 10.4 Å². The zero-order valence-electron chi connectivity index (χ0n) is 38.8. The predicted octanol–water partition coefficient (Wildman–Crippen LogP) is 18.5. The van der Waals surface area contributed by atoms with Crippen molar-refractivity contribution in [2.24, 2.45) is 27.7 Å². The molecule has 8 heteroatoms. The number of rotatable bonds is 27. The van der Waals surface area contributed by atoms with Crippen LogP contribution in [0.1, 0.15) is 176 Å². The molecule has 0 bridgehead atoms. The molecular formula is C52H76F2N2S4. The molecule has 3 atom stereocenters. The summed E-state index contributed by atoms with van der Waals surface area (Å²) in [7, 11) is 0. The third-order valence-corrected chi connectivity index (χ3v) is 16.9. The Labute approximate surface area is 381 Å². The van der Waals surface area contributed by atoms with E-state index in [4.69, 9.17) is 9.98 Å². The molecule has 2 aliphatic rings. The van der Waals surface area contributed by atoms with Crippen LogP contribution in [0, 0.1) is 23.6 Å². The van der Waals surface area contributed by atoms with E-state index in [9.17, 15) is 0 Å². The van der Waals surface area contributed by atoms with E-state index in [1.165, 1.54) is 64.2 Å². The summed E-state index contributed by atoms with van der Waals surface area (Å²) in [5.41, 5.74) is 5.81. The van der Waals surface area contributed by atoms with Crippen molar-refractivity contribution in [2.75, 3.05) is 11.5 Å². The van der Waals surface area contributed by atoms with Gasteiger partial charge in [-0.3, -0.25) is 0 Å². The van der Waals surface area contributed by atoms with E-state index in [-0.39, 0.29) is 11.6 Å². The lowest BCUT2D eigenvalue weighted by Gasteiger charge is -2.24. The summed E-state index contributed by atoms with van der Waals surface area (Å²) in [6, 6.07) is 10.1. The minimum Gasteiger partial charge on any atom is -0.239 e. The van der Waals surface area contributed by atoms with Crippen LogP contribution in [-0.4, -0.2) is 26.3 Å². The normalized spacial score (nSPS) is 16.5. The first-order chi connectivity index (χ1) is 29.0. The highest BCUT2D eigenvalue weighted by atomic mass is 32.2. The summed E-state index contributed by atoms with van der Waals surface area (Å²) >= 11 is 6.94. The van der Waals surface area contributed by atoms with Crippen molar-refractivity contribution in [3.63, 3.8) is 0 Å². The molecule has 332 valence electrons. The van der Waals surface area contributed by atoms with Gasteiger partial charge in [-0.2, -0.15) is 0 Å². The number of hydrogen-bond acceptors (Lipinski definition) is 6. The molecule has 0 N–H and O–H groups in total. The first-order valence-corrected chi connectivity index (χ1v) is 27.2. The van der Waals surface area contributed by atoms with Crippen LogP contribution in [0.5, 0.6) is 0 Å². The van der Waals surface area contributed by atoms with Crippen LogP contribution in [0.3, 0.4) is 0 Å². The monoisotopic (exact) mass is 894 g/mol. The topological polar surface area (TPSA) is 24.7 Å². The summed E-state index contributed by atoms with van der Waals surface area (Å²) in [6.45, 7) is 21.8. The van der Waals surface area contributed by atoms with Crippen LogP contribution in [0.25, 0.3) is 16.1 Å². The van der Waals surface area contributed by atoms with Crippen molar-refractivity contribution in [1.29, 1.82) is 0 Å². The molecule has 0 spiro atoms. The van der Waals surface area contributed by atoms with Gasteiger partial charge in [-0.15, -0.1) is 46.6 Å². The second kappa shape index (κ2) is 26.0. The van der Waals surface area contributed by atoms with Gasteiger partial charge in [-0.25, -0.2) is 18.8 Å². The van der Waals surface area contributed by atoms with E-state index < -0.39 is 4.75 Å². The second-order valence-corrected chi connectivity index (χ2v) is 22.0. The summed E-state index contributed by atoms with van der Waals surface area (Å²) < 4.78 is 31.0. The molecule has 0 radical (unpaired) electrons. The van der Waals surface area contributed by atoms with Crippen LogP contribution >= 0.6 is 46.6 Å². The quantitative estimate of drug-likeness (QED) is 0.0893. The number of allylic oxidation sites excluding steroid dienone is 2. The Morgan fingerprint density at radius 3 is 1.82 bits per heavy atom. The zero-order chi connectivity index (χ0) is 43.7. The lowest BCUT2D eigenvalue weighted by molar-refractivity contribution is 0.421. The Morgan fingerprint density at radius 2 is 1.27 bits per heavy atom. The summed E-state index contributed by atoms with van der Waals surface area (Å²) in [4.78, 5) is 14.1. The Bertz CT molecular complexity index is 1840. The van der Waals surface area contributed by atoms with Gasteiger partial charge < -0.3 is 0 Å². The maximum atomic E-state index is 16.0. The minimum atomic E-state index is -0.748. The number of benzene rings is 1. The number of hydrogen-bond donors (Lipinski definition) is 0. The van der Waals surface area contributed by atoms with Gasteiger partial charge in [0.05, 0.1) is 21.0 Å². The summed E-state index contributed by atoms with van der Waals surface area (Å²) in [5.74, 6) is 3.64. The fourth-order valence-corrected chi connectivity index (χ4v) is 12.7. The molecule has 0 saturated heterocycles. The van der Waals surface area contributed by atoms with E-state index in [1.807, 2.05) is 50.4 Å². The second-order valence-electron chi connectivity index (χ2n) is 17.2. The third kappa shape index (κ3) is 14.1. The SMILES string of the molecule is CC/C=C(\SC(C)(C)/C(F)=C\CC)C1=C2C(SCC(CC)CCCC)=NC(c3ccc(-c4ccc(CCC(CC)CCCC)cc4F)s3)=C2C(SCC(CC)CCCC)=N1. The molecule has 1 aromatic carbocycles. The Balaban J connectivity index is 1.83. The van der Waals surface area contributed by atoms with Gasteiger partial charge >= 0.3 is 0 Å². The first kappa shape index (κ1) is 50.8. The fourth-order valence-electron chi connectivity index (χ4n) is 7.90. The Hall–Kier alpha value is -1.87. The highest BCUT2D eigenvalue weighted by Gasteiger charge is 2.39. The molecule has 0 aliphatic carbocycles. The summed E-state index contributed by atoms with van der Waals surface area (Å²) in [5, 5.41) is 2.03.